The summed E-state index contributed by atoms with van der Waals surface area (Å²) < 4.78 is 5.42. The Morgan fingerprint density at radius 3 is 2.61 bits per heavy atom. The van der Waals surface area contributed by atoms with Crippen LogP contribution in [-0.2, 0) is 14.3 Å². The molecule has 5 heteroatoms. The summed E-state index contributed by atoms with van der Waals surface area (Å²) in [6, 6.07) is -0.375. The predicted molar refractivity (Wildman–Crippen MR) is 69.1 cm³/mol. The molecule has 18 heavy (non-hydrogen) atoms. The van der Waals surface area contributed by atoms with Crippen molar-refractivity contribution in [3.05, 3.63) is 0 Å². The largest absolute Gasteiger partial charge is 0.377 e. The molecule has 0 spiro atoms. The number of carbonyl (C=O) groups excluding carboxylic acids is 2. The van der Waals surface area contributed by atoms with E-state index in [2.05, 4.69) is 5.32 Å². The monoisotopic (exact) mass is 256 g/mol. The van der Waals surface area contributed by atoms with Crippen molar-refractivity contribution in [1.29, 1.82) is 0 Å². The molecule has 2 atom stereocenters. The van der Waals surface area contributed by atoms with Gasteiger partial charge in [-0.2, -0.15) is 0 Å². The van der Waals surface area contributed by atoms with Gasteiger partial charge in [-0.3, -0.25) is 9.59 Å². The molecule has 0 bridgehead atoms. The molecule has 1 heterocycles. The van der Waals surface area contributed by atoms with Gasteiger partial charge in [0.1, 0.15) is 6.04 Å². The maximum atomic E-state index is 12.2. The maximum Gasteiger partial charge on any atom is 0.245 e. The summed E-state index contributed by atoms with van der Waals surface area (Å²) in [4.78, 5) is 25.4. The lowest BCUT2D eigenvalue weighted by Gasteiger charge is -2.34. The van der Waals surface area contributed by atoms with Crippen molar-refractivity contribution in [2.24, 2.45) is 5.92 Å². The fourth-order valence-electron chi connectivity index (χ4n) is 2.21. The number of hydrogen-bond acceptors (Lipinski definition) is 3. The Balaban J connectivity index is 2.61. The summed E-state index contributed by atoms with van der Waals surface area (Å²) in [6.07, 6.45) is 0.647. The highest BCUT2D eigenvalue weighted by Gasteiger charge is 2.33. The van der Waals surface area contributed by atoms with Crippen LogP contribution < -0.4 is 5.32 Å². The molecule has 1 rings (SSSR count). The first-order valence-corrected chi connectivity index (χ1v) is 6.63. The fraction of sp³-hybridized carbons (Fsp3) is 0.846. The number of amides is 2. The molecule has 0 aromatic rings. The first-order valence-electron chi connectivity index (χ1n) is 6.63. The fourth-order valence-corrected chi connectivity index (χ4v) is 2.21. The first kappa shape index (κ1) is 15.0. The lowest BCUT2D eigenvalue weighted by molar-refractivity contribution is -0.146. The summed E-state index contributed by atoms with van der Waals surface area (Å²) >= 11 is 0. The third kappa shape index (κ3) is 4.29. The van der Waals surface area contributed by atoms with Gasteiger partial charge >= 0.3 is 0 Å². The highest BCUT2D eigenvalue weighted by atomic mass is 16.5. The Morgan fingerprint density at radius 2 is 2.06 bits per heavy atom. The number of nitrogens with zero attached hydrogens (tertiary/aromatic N) is 1. The Hall–Kier alpha value is -1.10. The molecule has 0 radical (unpaired) electrons. The summed E-state index contributed by atoms with van der Waals surface area (Å²) in [6.45, 7) is 9.16. The smallest absolute Gasteiger partial charge is 0.245 e. The molecular formula is C13H24N2O3. The third-order valence-electron chi connectivity index (χ3n) is 2.92. The lowest BCUT2D eigenvalue weighted by atomic mass is 10.0. The zero-order chi connectivity index (χ0) is 13.7. The number of nitrogens with one attached hydrogen (secondary N) is 1. The Bertz CT molecular complexity index is 305. The normalized spacial score (nSPS) is 22.3. The van der Waals surface area contributed by atoms with Crippen LogP contribution in [0.2, 0.25) is 0 Å². The standard InChI is InChI=1S/C13H24N2O3/c1-5-18-10(4)7-15-8-12(16)14-11(13(15)17)6-9(2)3/h9-11H,5-8H2,1-4H3,(H,14,16). The SMILES string of the molecule is CCOC(C)CN1CC(=O)NC(CC(C)C)C1=O. The highest BCUT2D eigenvalue weighted by molar-refractivity contribution is 5.94. The van der Waals surface area contributed by atoms with E-state index in [1.807, 2.05) is 27.7 Å². The van der Waals surface area contributed by atoms with Crippen molar-refractivity contribution in [2.45, 2.75) is 46.3 Å². The molecule has 1 N–H and O–H groups in total. The maximum absolute atomic E-state index is 12.2. The molecule has 1 fully saturated rings. The minimum atomic E-state index is -0.375. The van der Waals surface area contributed by atoms with Crippen LogP contribution in [0.25, 0.3) is 0 Å². The van der Waals surface area contributed by atoms with E-state index in [-0.39, 0.29) is 30.5 Å². The average molecular weight is 256 g/mol. The molecule has 1 aliphatic heterocycles. The number of carbonyl (C=O) groups is 2. The zero-order valence-electron chi connectivity index (χ0n) is 11.7. The predicted octanol–water partition coefficient (Wildman–Crippen LogP) is 0.784. The van der Waals surface area contributed by atoms with E-state index >= 15 is 0 Å². The van der Waals surface area contributed by atoms with Gasteiger partial charge in [-0.25, -0.2) is 0 Å². The molecule has 0 saturated carbocycles. The number of ether oxygens (including phenoxy) is 1. The molecule has 0 aromatic heterocycles. The summed E-state index contributed by atoms with van der Waals surface area (Å²) in [5, 5.41) is 2.76. The second-order valence-electron chi connectivity index (χ2n) is 5.23. The van der Waals surface area contributed by atoms with Crippen LogP contribution in [0.4, 0.5) is 0 Å². The van der Waals surface area contributed by atoms with E-state index in [1.54, 1.807) is 4.90 Å². The van der Waals surface area contributed by atoms with Crippen LogP contribution in [0.5, 0.6) is 0 Å². The average Bonchev–Trinajstić information content (AvgIpc) is 2.24. The van der Waals surface area contributed by atoms with Crippen molar-refractivity contribution < 1.29 is 14.3 Å². The van der Waals surface area contributed by atoms with Gasteiger partial charge in [0, 0.05) is 13.2 Å². The molecule has 1 saturated heterocycles. The van der Waals surface area contributed by atoms with E-state index < -0.39 is 0 Å². The molecule has 0 aromatic carbocycles. The van der Waals surface area contributed by atoms with Gasteiger partial charge in [-0.05, 0) is 26.2 Å². The van der Waals surface area contributed by atoms with Gasteiger partial charge in [-0.1, -0.05) is 13.8 Å². The van der Waals surface area contributed by atoms with E-state index in [4.69, 9.17) is 4.74 Å². The molecule has 104 valence electrons. The summed E-state index contributed by atoms with van der Waals surface area (Å²) in [5.74, 6) is 0.308. The first-order chi connectivity index (χ1) is 8.43. The van der Waals surface area contributed by atoms with Crippen LogP contribution >= 0.6 is 0 Å². The van der Waals surface area contributed by atoms with Crippen molar-refractivity contribution in [3.8, 4) is 0 Å². The summed E-state index contributed by atoms with van der Waals surface area (Å²) in [7, 11) is 0. The minimum Gasteiger partial charge on any atom is -0.377 e. The molecule has 2 amide bonds. The van der Waals surface area contributed by atoms with Crippen LogP contribution in [0.1, 0.15) is 34.1 Å². The molecule has 1 aliphatic rings. The third-order valence-corrected chi connectivity index (χ3v) is 2.92. The van der Waals surface area contributed by atoms with Crippen molar-refractivity contribution >= 4 is 11.8 Å². The molecule has 2 unspecified atom stereocenters. The van der Waals surface area contributed by atoms with Gasteiger partial charge in [0.05, 0.1) is 12.6 Å². The van der Waals surface area contributed by atoms with Crippen LogP contribution in [0.15, 0.2) is 0 Å². The number of rotatable bonds is 6. The van der Waals surface area contributed by atoms with Gasteiger partial charge in [0.15, 0.2) is 0 Å². The second-order valence-corrected chi connectivity index (χ2v) is 5.23. The second kappa shape index (κ2) is 6.73. The van der Waals surface area contributed by atoms with E-state index in [0.717, 1.165) is 0 Å². The molecule has 0 aliphatic carbocycles. The van der Waals surface area contributed by atoms with Crippen molar-refractivity contribution in [2.75, 3.05) is 19.7 Å². The quantitative estimate of drug-likeness (QED) is 0.764. The lowest BCUT2D eigenvalue weighted by Crippen LogP contribution is -2.59. The van der Waals surface area contributed by atoms with Gasteiger partial charge < -0.3 is 15.0 Å². The van der Waals surface area contributed by atoms with Crippen molar-refractivity contribution in [3.63, 3.8) is 0 Å². The van der Waals surface area contributed by atoms with Crippen molar-refractivity contribution in [1.82, 2.24) is 10.2 Å². The van der Waals surface area contributed by atoms with Gasteiger partial charge in [0.25, 0.3) is 0 Å². The van der Waals surface area contributed by atoms with Crippen LogP contribution in [0, 0.1) is 5.92 Å². The minimum absolute atomic E-state index is 0.00912. The summed E-state index contributed by atoms with van der Waals surface area (Å²) in [5.41, 5.74) is 0. The molecular weight excluding hydrogens is 232 g/mol. The topological polar surface area (TPSA) is 58.6 Å². The van der Waals surface area contributed by atoms with Crippen LogP contribution in [-0.4, -0.2) is 48.6 Å². The van der Waals surface area contributed by atoms with Crippen LogP contribution in [0.3, 0.4) is 0 Å². The van der Waals surface area contributed by atoms with Gasteiger partial charge in [-0.15, -0.1) is 0 Å². The Morgan fingerprint density at radius 1 is 1.39 bits per heavy atom. The van der Waals surface area contributed by atoms with E-state index in [9.17, 15) is 9.59 Å². The van der Waals surface area contributed by atoms with E-state index in [0.29, 0.717) is 25.5 Å². The number of hydrogen-bond donors (Lipinski definition) is 1. The number of piperazine rings is 1. The Labute approximate surface area is 109 Å². The highest BCUT2D eigenvalue weighted by Crippen LogP contribution is 2.12. The molecule has 5 nitrogen and oxygen atoms in total. The van der Waals surface area contributed by atoms with Gasteiger partial charge in [0.2, 0.25) is 11.8 Å². The zero-order valence-corrected chi connectivity index (χ0v) is 11.7. The van der Waals surface area contributed by atoms with E-state index in [1.165, 1.54) is 0 Å². The Kier molecular flexibility index (Phi) is 5.59.